The van der Waals surface area contributed by atoms with Crippen LogP contribution in [0.5, 0.6) is 0 Å². The number of aryl methyl sites for hydroxylation is 2. The van der Waals surface area contributed by atoms with E-state index >= 15 is 0 Å². The van der Waals surface area contributed by atoms with Gasteiger partial charge in [0.15, 0.2) is 0 Å². The first kappa shape index (κ1) is 10.1. The fourth-order valence-corrected chi connectivity index (χ4v) is 3.17. The van der Waals surface area contributed by atoms with E-state index in [1.54, 1.807) is 11.3 Å². The number of imidazole rings is 1. The largest absolute Gasteiger partial charge is 0.328 e. The van der Waals surface area contributed by atoms with Gasteiger partial charge in [0.2, 0.25) is 0 Å². The summed E-state index contributed by atoms with van der Waals surface area (Å²) in [7, 11) is 0. The summed E-state index contributed by atoms with van der Waals surface area (Å²) in [6, 6.07) is 2.21. The van der Waals surface area contributed by atoms with Crippen LogP contribution >= 0.6 is 11.3 Å². The topological polar surface area (TPSA) is 17.8 Å². The predicted octanol–water partition coefficient (Wildman–Crippen LogP) is 3.18. The van der Waals surface area contributed by atoms with Crippen LogP contribution in [0.2, 0.25) is 0 Å². The monoisotopic (exact) mass is 232 g/mol. The van der Waals surface area contributed by atoms with E-state index in [0.29, 0.717) is 0 Å². The Morgan fingerprint density at radius 3 is 3.06 bits per heavy atom. The number of hydrogen-bond acceptors (Lipinski definition) is 2. The molecule has 0 spiro atoms. The van der Waals surface area contributed by atoms with Crippen LogP contribution in [0.4, 0.5) is 0 Å². The molecule has 1 aliphatic carbocycles. The smallest absolute Gasteiger partial charge is 0.106 e. The minimum absolute atomic E-state index is 0.998. The van der Waals surface area contributed by atoms with Gasteiger partial charge in [0.05, 0.1) is 5.69 Å². The number of aromatic nitrogens is 2. The van der Waals surface area contributed by atoms with E-state index in [1.165, 1.54) is 48.5 Å². The van der Waals surface area contributed by atoms with Crippen LogP contribution in [-0.2, 0) is 19.4 Å². The molecule has 0 amide bonds. The molecule has 3 rings (SSSR count). The lowest BCUT2D eigenvalue weighted by atomic mass is 10.0. The summed E-state index contributed by atoms with van der Waals surface area (Å²) in [6.45, 7) is 3.13. The summed E-state index contributed by atoms with van der Waals surface area (Å²) in [5, 5.41) is 4.38. The lowest BCUT2D eigenvalue weighted by Gasteiger charge is -2.14. The van der Waals surface area contributed by atoms with Crippen molar-refractivity contribution in [1.29, 1.82) is 0 Å². The first-order valence-corrected chi connectivity index (χ1v) is 6.85. The van der Waals surface area contributed by atoms with Gasteiger partial charge in [-0.05, 0) is 55.0 Å². The molecular weight excluding hydrogens is 216 g/mol. The molecule has 2 aromatic rings. The molecule has 1 aliphatic rings. The van der Waals surface area contributed by atoms with Crippen molar-refractivity contribution in [3.8, 4) is 0 Å². The van der Waals surface area contributed by atoms with Crippen LogP contribution in [0.3, 0.4) is 0 Å². The number of thiophene rings is 1. The molecule has 0 bridgehead atoms. The van der Waals surface area contributed by atoms with Crippen LogP contribution < -0.4 is 0 Å². The highest BCUT2D eigenvalue weighted by Crippen LogP contribution is 2.23. The van der Waals surface area contributed by atoms with Crippen LogP contribution in [0.25, 0.3) is 0 Å². The van der Waals surface area contributed by atoms with Crippen LogP contribution in [0.15, 0.2) is 16.8 Å². The maximum absolute atomic E-state index is 4.70. The first-order chi connectivity index (χ1) is 7.84. The van der Waals surface area contributed by atoms with E-state index in [-0.39, 0.29) is 0 Å². The molecular formula is C13H16N2S. The molecule has 0 saturated carbocycles. The minimum Gasteiger partial charge on any atom is -0.328 e. The van der Waals surface area contributed by atoms with Crippen LogP contribution in [-0.4, -0.2) is 9.55 Å². The van der Waals surface area contributed by atoms with Gasteiger partial charge in [-0.3, -0.25) is 0 Å². The molecule has 0 atom stereocenters. The summed E-state index contributed by atoms with van der Waals surface area (Å²) in [4.78, 5) is 4.70. The number of nitrogens with zero attached hydrogens (tertiary/aromatic N) is 2. The lowest BCUT2D eigenvalue weighted by molar-refractivity contribution is 0.625. The Morgan fingerprint density at radius 1 is 1.38 bits per heavy atom. The molecule has 84 valence electrons. The Labute approximate surface area is 100.0 Å². The molecule has 2 aromatic heterocycles. The van der Waals surface area contributed by atoms with Crippen LogP contribution in [0, 0.1) is 6.92 Å². The molecule has 2 heterocycles. The standard InChI is InChI=1S/C13H16N2S/c1-10-14-12-4-2-3-5-13(12)15(10)8-11-6-7-16-9-11/h6-7,9H,2-5,8H2,1H3. The van der Waals surface area contributed by atoms with Gasteiger partial charge in [0, 0.05) is 12.2 Å². The second kappa shape index (κ2) is 4.06. The molecule has 3 heteroatoms. The Balaban J connectivity index is 1.97. The fourth-order valence-electron chi connectivity index (χ4n) is 2.51. The number of rotatable bonds is 2. The molecule has 0 aromatic carbocycles. The van der Waals surface area contributed by atoms with Crippen molar-refractivity contribution in [2.24, 2.45) is 0 Å². The van der Waals surface area contributed by atoms with Crippen molar-refractivity contribution in [2.45, 2.75) is 39.2 Å². The Hall–Kier alpha value is -1.09. The molecule has 16 heavy (non-hydrogen) atoms. The average molecular weight is 232 g/mol. The quantitative estimate of drug-likeness (QED) is 0.777. The Morgan fingerprint density at radius 2 is 2.25 bits per heavy atom. The number of hydrogen-bond donors (Lipinski definition) is 0. The van der Waals surface area contributed by atoms with Crippen LogP contribution in [0.1, 0.15) is 35.6 Å². The summed E-state index contributed by atoms with van der Waals surface area (Å²) in [6.07, 6.45) is 5.01. The molecule has 0 unspecified atom stereocenters. The van der Waals surface area contributed by atoms with Gasteiger partial charge in [0.1, 0.15) is 5.82 Å². The third-order valence-corrected chi connectivity index (χ3v) is 4.08. The zero-order valence-corrected chi connectivity index (χ0v) is 10.4. The zero-order valence-electron chi connectivity index (χ0n) is 9.57. The predicted molar refractivity (Wildman–Crippen MR) is 67.0 cm³/mol. The highest BCUT2D eigenvalue weighted by Gasteiger charge is 2.17. The van der Waals surface area contributed by atoms with Gasteiger partial charge in [0.25, 0.3) is 0 Å². The van der Waals surface area contributed by atoms with E-state index in [9.17, 15) is 0 Å². The van der Waals surface area contributed by atoms with Crippen molar-refractivity contribution in [1.82, 2.24) is 9.55 Å². The maximum Gasteiger partial charge on any atom is 0.106 e. The lowest BCUT2D eigenvalue weighted by Crippen LogP contribution is -2.09. The summed E-state index contributed by atoms with van der Waals surface area (Å²) < 4.78 is 2.40. The minimum atomic E-state index is 0.998. The fraction of sp³-hybridized carbons (Fsp3) is 0.462. The van der Waals surface area contributed by atoms with E-state index < -0.39 is 0 Å². The molecule has 0 aliphatic heterocycles. The highest BCUT2D eigenvalue weighted by molar-refractivity contribution is 7.07. The first-order valence-electron chi connectivity index (χ1n) is 5.90. The Kier molecular flexibility index (Phi) is 2.56. The summed E-state index contributed by atoms with van der Waals surface area (Å²) >= 11 is 1.77. The van der Waals surface area contributed by atoms with Gasteiger partial charge < -0.3 is 4.57 Å². The third kappa shape index (κ3) is 1.69. The van der Waals surface area contributed by atoms with Gasteiger partial charge in [-0.15, -0.1) is 0 Å². The number of fused-ring (bicyclic) bond motifs is 1. The molecule has 0 saturated heterocycles. The second-order valence-corrected chi connectivity index (χ2v) is 5.26. The SMILES string of the molecule is Cc1nc2c(n1Cc1ccsc1)CCCC2. The van der Waals surface area contributed by atoms with Crippen molar-refractivity contribution in [2.75, 3.05) is 0 Å². The Bertz CT molecular complexity index is 482. The normalized spacial score (nSPS) is 15.1. The van der Waals surface area contributed by atoms with E-state index in [0.717, 1.165) is 6.54 Å². The van der Waals surface area contributed by atoms with E-state index in [2.05, 4.69) is 28.3 Å². The third-order valence-electron chi connectivity index (χ3n) is 3.34. The van der Waals surface area contributed by atoms with Crippen molar-refractivity contribution in [3.63, 3.8) is 0 Å². The summed E-state index contributed by atoms with van der Waals surface area (Å²) in [5.41, 5.74) is 4.23. The molecule has 0 radical (unpaired) electrons. The molecule has 0 fully saturated rings. The van der Waals surface area contributed by atoms with E-state index in [1.807, 2.05) is 0 Å². The van der Waals surface area contributed by atoms with Crippen molar-refractivity contribution < 1.29 is 0 Å². The van der Waals surface area contributed by atoms with E-state index in [4.69, 9.17) is 4.98 Å². The molecule has 0 N–H and O–H groups in total. The molecule has 2 nitrogen and oxygen atoms in total. The highest BCUT2D eigenvalue weighted by atomic mass is 32.1. The average Bonchev–Trinajstić information content (AvgIpc) is 2.89. The second-order valence-electron chi connectivity index (χ2n) is 4.48. The van der Waals surface area contributed by atoms with Gasteiger partial charge in [-0.1, -0.05) is 0 Å². The summed E-state index contributed by atoms with van der Waals surface area (Å²) in [5.74, 6) is 1.18. The van der Waals surface area contributed by atoms with Gasteiger partial charge >= 0.3 is 0 Å². The maximum atomic E-state index is 4.70. The zero-order chi connectivity index (χ0) is 11.0. The van der Waals surface area contributed by atoms with Crippen molar-refractivity contribution >= 4 is 11.3 Å². The van der Waals surface area contributed by atoms with Crippen molar-refractivity contribution in [3.05, 3.63) is 39.6 Å². The van der Waals surface area contributed by atoms with Gasteiger partial charge in [-0.2, -0.15) is 11.3 Å². The van der Waals surface area contributed by atoms with Gasteiger partial charge in [-0.25, -0.2) is 4.98 Å².